The number of hydrogen-bond acceptors (Lipinski definition) is 5. The number of rotatable bonds is 4. The van der Waals surface area contributed by atoms with E-state index in [2.05, 4.69) is 20.4 Å². The van der Waals surface area contributed by atoms with Gasteiger partial charge in [0.05, 0.1) is 11.9 Å². The normalized spacial score (nSPS) is 11.3. The molecule has 2 rings (SSSR count). The van der Waals surface area contributed by atoms with Gasteiger partial charge in [-0.15, -0.1) is 0 Å². The van der Waals surface area contributed by atoms with Crippen molar-refractivity contribution >= 4 is 11.6 Å². The maximum absolute atomic E-state index is 11.7. The first-order valence-electron chi connectivity index (χ1n) is 5.84. The highest BCUT2D eigenvalue weighted by atomic mass is 16.1. The molecule has 0 saturated heterocycles. The Morgan fingerprint density at radius 1 is 1.47 bits per heavy atom. The van der Waals surface area contributed by atoms with Crippen LogP contribution in [0.25, 0.3) is 5.82 Å². The minimum atomic E-state index is -0.530. The summed E-state index contributed by atoms with van der Waals surface area (Å²) in [5, 5.41) is 6.71. The van der Waals surface area contributed by atoms with E-state index in [9.17, 15) is 4.79 Å². The van der Waals surface area contributed by atoms with Crippen LogP contribution >= 0.6 is 0 Å². The smallest absolute Gasteiger partial charge is 0.226 e. The van der Waals surface area contributed by atoms with Gasteiger partial charge in [0.15, 0.2) is 5.82 Å². The standard InChI is InChI=1S/C12H16N6O/c1-12(2,13)5-11(19)17-9-3-4-10(15-6-9)18-8-14-7-16-18/h3-4,6-8H,5,13H2,1-2H3,(H,17,19). The fraction of sp³-hybridized carbons (Fsp3) is 0.333. The van der Waals surface area contributed by atoms with E-state index in [0.717, 1.165) is 0 Å². The van der Waals surface area contributed by atoms with Gasteiger partial charge in [0.1, 0.15) is 12.7 Å². The highest BCUT2D eigenvalue weighted by Gasteiger charge is 2.16. The molecule has 19 heavy (non-hydrogen) atoms. The summed E-state index contributed by atoms with van der Waals surface area (Å²) >= 11 is 0. The molecule has 0 atom stereocenters. The summed E-state index contributed by atoms with van der Waals surface area (Å²) in [6, 6.07) is 3.50. The van der Waals surface area contributed by atoms with Gasteiger partial charge in [0.2, 0.25) is 5.91 Å². The Morgan fingerprint density at radius 3 is 2.79 bits per heavy atom. The quantitative estimate of drug-likeness (QED) is 0.844. The Morgan fingerprint density at radius 2 is 2.26 bits per heavy atom. The topological polar surface area (TPSA) is 98.7 Å². The Kier molecular flexibility index (Phi) is 3.57. The summed E-state index contributed by atoms with van der Waals surface area (Å²) in [6.07, 6.45) is 4.80. The number of nitrogens with two attached hydrogens (primary N) is 1. The number of carbonyl (C=O) groups is 1. The average molecular weight is 260 g/mol. The zero-order chi connectivity index (χ0) is 13.9. The number of pyridine rings is 1. The molecule has 0 spiro atoms. The molecule has 0 aliphatic carbocycles. The molecule has 1 amide bonds. The Balaban J connectivity index is 2.01. The Labute approximate surface area is 110 Å². The molecule has 0 saturated carbocycles. The molecule has 0 aliphatic rings. The molecule has 7 heteroatoms. The van der Waals surface area contributed by atoms with Gasteiger partial charge in [0, 0.05) is 12.0 Å². The van der Waals surface area contributed by atoms with Crippen LogP contribution in [-0.4, -0.2) is 31.2 Å². The average Bonchev–Trinajstić information content (AvgIpc) is 2.80. The second-order valence-corrected chi connectivity index (χ2v) is 4.96. The summed E-state index contributed by atoms with van der Waals surface area (Å²) in [5.74, 6) is 0.498. The first-order valence-corrected chi connectivity index (χ1v) is 5.84. The summed E-state index contributed by atoms with van der Waals surface area (Å²) in [7, 11) is 0. The largest absolute Gasteiger partial charge is 0.325 e. The fourth-order valence-corrected chi connectivity index (χ4v) is 1.54. The number of aromatic nitrogens is 4. The van der Waals surface area contributed by atoms with Crippen LogP contribution in [0, 0.1) is 0 Å². The van der Waals surface area contributed by atoms with E-state index in [1.807, 2.05) is 0 Å². The number of nitrogens with zero attached hydrogens (tertiary/aromatic N) is 4. The molecular weight excluding hydrogens is 244 g/mol. The van der Waals surface area contributed by atoms with Gasteiger partial charge in [-0.05, 0) is 26.0 Å². The second kappa shape index (κ2) is 5.15. The lowest BCUT2D eigenvalue weighted by molar-refractivity contribution is -0.117. The molecule has 2 heterocycles. The first kappa shape index (κ1) is 13.2. The van der Waals surface area contributed by atoms with Crippen molar-refractivity contribution in [1.29, 1.82) is 0 Å². The lowest BCUT2D eigenvalue weighted by Crippen LogP contribution is -2.36. The third kappa shape index (κ3) is 3.85. The van der Waals surface area contributed by atoms with Gasteiger partial charge < -0.3 is 11.1 Å². The molecule has 0 fully saturated rings. The highest BCUT2D eigenvalue weighted by Crippen LogP contribution is 2.11. The fourth-order valence-electron chi connectivity index (χ4n) is 1.54. The van der Waals surface area contributed by atoms with Gasteiger partial charge in [-0.25, -0.2) is 14.6 Å². The molecule has 0 aliphatic heterocycles. The predicted octanol–water partition coefficient (Wildman–Crippen LogP) is 0.728. The molecule has 2 aromatic rings. The summed E-state index contributed by atoms with van der Waals surface area (Å²) in [6.45, 7) is 3.61. The van der Waals surface area contributed by atoms with E-state index >= 15 is 0 Å². The third-order valence-electron chi connectivity index (χ3n) is 2.30. The summed E-state index contributed by atoms with van der Waals surface area (Å²) in [4.78, 5) is 19.7. The molecule has 0 unspecified atom stereocenters. The van der Waals surface area contributed by atoms with E-state index in [1.165, 1.54) is 11.0 Å². The van der Waals surface area contributed by atoms with Gasteiger partial charge in [-0.3, -0.25) is 4.79 Å². The van der Waals surface area contributed by atoms with Crippen LogP contribution in [0.3, 0.4) is 0 Å². The van der Waals surface area contributed by atoms with Crippen LogP contribution < -0.4 is 11.1 Å². The third-order valence-corrected chi connectivity index (χ3v) is 2.30. The van der Waals surface area contributed by atoms with Crippen molar-refractivity contribution < 1.29 is 4.79 Å². The highest BCUT2D eigenvalue weighted by molar-refractivity contribution is 5.91. The molecule has 3 N–H and O–H groups in total. The number of carbonyl (C=O) groups excluding carboxylic acids is 1. The van der Waals surface area contributed by atoms with Crippen molar-refractivity contribution in [3.8, 4) is 5.82 Å². The van der Waals surface area contributed by atoms with Crippen molar-refractivity contribution in [1.82, 2.24) is 19.7 Å². The van der Waals surface area contributed by atoms with E-state index in [-0.39, 0.29) is 12.3 Å². The van der Waals surface area contributed by atoms with Gasteiger partial charge in [0.25, 0.3) is 0 Å². The lowest BCUT2D eigenvalue weighted by Gasteiger charge is -2.17. The maximum atomic E-state index is 11.7. The van der Waals surface area contributed by atoms with Crippen LogP contribution in [0.15, 0.2) is 31.0 Å². The van der Waals surface area contributed by atoms with E-state index in [0.29, 0.717) is 11.5 Å². The Bertz CT molecular complexity index is 541. The van der Waals surface area contributed by atoms with Crippen LogP contribution in [0.2, 0.25) is 0 Å². The zero-order valence-electron chi connectivity index (χ0n) is 10.9. The van der Waals surface area contributed by atoms with Crippen molar-refractivity contribution in [2.24, 2.45) is 5.73 Å². The minimum Gasteiger partial charge on any atom is -0.325 e. The van der Waals surface area contributed by atoms with Gasteiger partial charge in [-0.2, -0.15) is 5.10 Å². The molecule has 0 radical (unpaired) electrons. The van der Waals surface area contributed by atoms with Gasteiger partial charge in [-0.1, -0.05) is 0 Å². The first-order chi connectivity index (χ1) is 8.94. The SMILES string of the molecule is CC(C)(N)CC(=O)Nc1ccc(-n2cncn2)nc1. The van der Waals surface area contributed by atoms with Crippen molar-refractivity contribution in [3.05, 3.63) is 31.0 Å². The van der Waals surface area contributed by atoms with Crippen LogP contribution in [-0.2, 0) is 4.79 Å². The molecular formula is C12H16N6O. The molecule has 0 bridgehead atoms. The monoisotopic (exact) mass is 260 g/mol. The molecule has 2 aromatic heterocycles. The molecule has 0 aromatic carbocycles. The van der Waals surface area contributed by atoms with Gasteiger partial charge >= 0.3 is 0 Å². The zero-order valence-corrected chi connectivity index (χ0v) is 10.9. The second-order valence-electron chi connectivity index (χ2n) is 4.96. The van der Waals surface area contributed by atoms with Crippen LogP contribution in [0.5, 0.6) is 0 Å². The maximum Gasteiger partial charge on any atom is 0.226 e. The number of hydrogen-bond donors (Lipinski definition) is 2. The summed E-state index contributed by atoms with van der Waals surface area (Å²) in [5.41, 5.74) is 5.88. The van der Waals surface area contributed by atoms with Crippen LogP contribution in [0.1, 0.15) is 20.3 Å². The van der Waals surface area contributed by atoms with E-state index in [1.54, 1.807) is 38.5 Å². The minimum absolute atomic E-state index is 0.136. The predicted molar refractivity (Wildman–Crippen MR) is 70.7 cm³/mol. The van der Waals surface area contributed by atoms with E-state index in [4.69, 9.17) is 5.73 Å². The number of amides is 1. The van der Waals surface area contributed by atoms with E-state index < -0.39 is 5.54 Å². The van der Waals surface area contributed by atoms with Crippen LogP contribution in [0.4, 0.5) is 5.69 Å². The molecule has 7 nitrogen and oxygen atoms in total. The van der Waals surface area contributed by atoms with Crippen molar-refractivity contribution in [2.45, 2.75) is 25.8 Å². The summed E-state index contributed by atoms with van der Waals surface area (Å²) < 4.78 is 1.54. The number of nitrogens with one attached hydrogen (secondary N) is 1. The van der Waals surface area contributed by atoms with Crippen molar-refractivity contribution in [3.63, 3.8) is 0 Å². The lowest BCUT2D eigenvalue weighted by atomic mass is 10.0. The van der Waals surface area contributed by atoms with Crippen molar-refractivity contribution in [2.75, 3.05) is 5.32 Å². The molecule has 100 valence electrons. The Hall–Kier alpha value is -2.28. The number of anilines is 1.